The molecular formula is C15H15F3N6O. The molecule has 3 atom stereocenters. The molecule has 0 radical (unpaired) electrons. The molecule has 0 N–H and O–H groups in total. The number of fused-ring (bicyclic) bond motifs is 2. The third-order valence-corrected chi connectivity index (χ3v) is 5.22. The molecule has 2 unspecified atom stereocenters. The van der Waals surface area contributed by atoms with Gasteiger partial charge in [-0.25, -0.2) is 4.68 Å². The molecule has 25 heavy (non-hydrogen) atoms. The van der Waals surface area contributed by atoms with E-state index in [1.165, 1.54) is 11.6 Å². The van der Waals surface area contributed by atoms with Crippen LogP contribution in [0.4, 0.5) is 13.2 Å². The highest BCUT2D eigenvalue weighted by Gasteiger charge is 2.60. The molecule has 0 aromatic carbocycles. The third kappa shape index (κ3) is 1.83. The summed E-state index contributed by atoms with van der Waals surface area (Å²) in [5, 5.41) is 21.1. The maximum Gasteiger partial charge on any atom is 0.414 e. The highest BCUT2D eigenvalue weighted by molar-refractivity contribution is 5.49. The molecule has 2 aliphatic heterocycles. The van der Waals surface area contributed by atoms with E-state index in [9.17, 15) is 18.4 Å². The molecule has 0 amide bonds. The molecule has 3 heterocycles. The number of alkyl halides is 3. The standard InChI is InChI=1S/C15H15F3N6O/c1-8-6-25-12-11-14(3,24-10(5-23(8)11)20-21-22-24)4-9(15(16,17)18)13(12,2)7-19/h4,8H,5-6H2,1-3H3/t8-,13?,14?/m1/s1. The zero-order chi connectivity index (χ0) is 18.2. The van der Waals surface area contributed by atoms with Crippen LogP contribution in [-0.2, 0) is 16.8 Å². The van der Waals surface area contributed by atoms with Gasteiger partial charge in [0.05, 0.1) is 29.9 Å². The topological polar surface area (TPSA) is 79.9 Å². The van der Waals surface area contributed by atoms with Crippen LogP contribution in [0.25, 0.3) is 0 Å². The summed E-state index contributed by atoms with van der Waals surface area (Å²) in [4.78, 5) is 1.93. The van der Waals surface area contributed by atoms with Crippen molar-refractivity contribution < 1.29 is 17.9 Å². The van der Waals surface area contributed by atoms with Gasteiger partial charge in [-0.3, -0.25) is 0 Å². The maximum atomic E-state index is 13.8. The van der Waals surface area contributed by atoms with E-state index in [-0.39, 0.29) is 18.4 Å². The van der Waals surface area contributed by atoms with Crippen molar-refractivity contribution in [3.8, 4) is 6.07 Å². The van der Waals surface area contributed by atoms with E-state index < -0.39 is 22.7 Å². The third-order valence-electron chi connectivity index (χ3n) is 5.22. The minimum Gasteiger partial charge on any atom is -0.492 e. The fraction of sp³-hybridized carbons (Fsp3) is 0.600. The van der Waals surface area contributed by atoms with E-state index in [2.05, 4.69) is 15.5 Å². The number of allylic oxidation sites excluding steroid dienone is 2. The molecule has 4 rings (SSSR count). The molecule has 3 aliphatic rings. The quantitative estimate of drug-likeness (QED) is 0.663. The van der Waals surface area contributed by atoms with Crippen molar-refractivity contribution in [3.63, 3.8) is 0 Å². The summed E-state index contributed by atoms with van der Waals surface area (Å²) in [6, 6.07) is 1.74. The summed E-state index contributed by atoms with van der Waals surface area (Å²) in [5.41, 5.74) is -3.64. The molecule has 7 nitrogen and oxygen atoms in total. The molecule has 132 valence electrons. The summed E-state index contributed by atoms with van der Waals surface area (Å²) in [6.45, 7) is 5.31. The number of rotatable bonds is 0. The molecule has 0 spiro atoms. The highest BCUT2D eigenvalue weighted by Crippen LogP contribution is 2.56. The Hall–Kier alpha value is -2.57. The zero-order valence-electron chi connectivity index (χ0n) is 13.8. The van der Waals surface area contributed by atoms with E-state index in [1.807, 2.05) is 17.9 Å². The van der Waals surface area contributed by atoms with Gasteiger partial charge in [-0.1, -0.05) is 0 Å². The molecule has 1 aliphatic carbocycles. The first-order valence-corrected chi connectivity index (χ1v) is 7.77. The van der Waals surface area contributed by atoms with Crippen molar-refractivity contribution in [1.82, 2.24) is 25.1 Å². The molecule has 0 fully saturated rings. The van der Waals surface area contributed by atoms with Gasteiger partial charge in [0.1, 0.15) is 23.3 Å². The minimum atomic E-state index is -4.69. The van der Waals surface area contributed by atoms with Gasteiger partial charge in [-0.2, -0.15) is 18.4 Å². The number of hydrogen-bond acceptors (Lipinski definition) is 6. The van der Waals surface area contributed by atoms with Crippen LogP contribution in [0.2, 0.25) is 0 Å². The molecule has 10 heteroatoms. The summed E-state index contributed by atoms with van der Waals surface area (Å²) >= 11 is 0. The van der Waals surface area contributed by atoms with Gasteiger partial charge in [0.2, 0.25) is 0 Å². The fourth-order valence-corrected chi connectivity index (χ4v) is 3.92. The van der Waals surface area contributed by atoms with Crippen LogP contribution in [0.1, 0.15) is 26.6 Å². The van der Waals surface area contributed by atoms with E-state index >= 15 is 0 Å². The van der Waals surface area contributed by atoms with Crippen molar-refractivity contribution >= 4 is 0 Å². The summed E-state index contributed by atoms with van der Waals surface area (Å²) in [5.74, 6) is 0.504. The monoisotopic (exact) mass is 352 g/mol. The second kappa shape index (κ2) is 4.53. The Morgan fingerprint density at radius 1 is 1.40 bits per heavy atom. The van der Waals surface area contributed by atoms with Gasteiger partial charge in [0, 0.05) is 0 Å². The van der Waals surface area contributed by atoms with Crippen LogP contribution in [0, 0.1) is 16.7 Å². The van der Waals surface area contributed by atoms with Crippen LogP contribution in [-0.4, -0.2) is 43.9 Å². The number of tetrazole rings is 1. The predicted octanol–water partition coefficient (Wildman–Crippen LogP) is 1.87. The van der Waals surface area contributed by atoms with E-state index in [0.29, 0.717) is 18.1 Å². The average Bonchev–Trinajstić information content (AvgIpc) is 3.01. The average molecular weight is 352 g/mol. The largest absolute Gasteiger partial charge is 0.492 e. The van der Waals surface area contributed by atoms with Crippen molar-refractivity contribution in [2.24, 2.45) is 5.41 Å². The van der Waals surface area contributed by atoms with Crippen LogP contribution in [0.15, 0.2) is 23.1 Å². The summed E-state index contributed by atoms with van der Waals surface area (Å²) in [6.07, 6.45) is -3.63. The van der Waals surface area contributed by atoms with Gasteiger partial charge in [-0.15, -0.1) is 5.10 Å². The predicted molar refractivity (Wildman–Crippen MR) is 77.3 cm³/mol. The smallest absolute Gasteiger partial charge is 0.414 e. The Balaban J connectivity index is 2.08. The Kier molecular flexibility index (Phi) is 2.89. The number of nitrogens with zero attached hydrogens (tertiary/aromatic N) is 6. The van der Waals surface area contributed by atoms with E-state index in [0.717, 1.165) is 6.08 Å². The van der Waals surface area contributed by atoms with Gasteiger partial charge < -0.3 is 9.64 Å². The Bertz CT molecular complexity index is 865. The zero-order valence-corrected chi connectivity index (χ0v) is 13.8. The lowest BCUT2D eigenvalue weighted by atomic mass is 9.70. The van der Waals surface area contributed by atoms with E-state index in [4.69, 9.17) is 4.74 Å². The SMILES string of the molecule is C[C@@H]1COC2=C3N1Cc1nnnn1C3(C)C=C(C(F)(F)F)C2(C)C#N. The summed E-state index contributed by atoms with van der Waals surface area (Å²) < 4.78 is 48.4. The van der Waals surface area contributed by atoms with Gasteiger partial charge in [0.25, 0.3) is 0 Å². The molecule has 0 saturated carbocycles. The number of nitriles is 1. The molecular weight excluding hydrogens is 337 g/mol. The van der Waals surface area contributed by atoms with Crippen molar-refractivity contribution in [2.75, 3.05) is 6.61 Å². The fourth-order valence-electron chi connectivity index (χ4n) is 3.92. The number of hydrogen-bond donors (Lipinski definition) is 0. The first-order chi connectivity index (χ1) is 11.6. The lowest BCUT2D eigenvalue weighted by Gasteiger charge is -2.52. The number of halogens is 3. The molecule has 1 aromatic heterocycles. The Morgan fingerprint density at radius 3 is 2.76 bits per heavy atom. The van der Waals surface area contributed by atoms with Crippen molar-refractivity contribution in [1.29, 1.82) is 5.26 Å². The lowest BCUT2D eigenvalue weighted by Crippen LogP contribution is -2.57. The maximum absolute atomic E-state index is 13.8. The van der Waals surface area contributed by atoms with Gasteiger partial charge >= 0.3 is 6.18 Å². The lowest BCUT2D eigenvalue weighted by molar-refractivity contribution is -0.108. The Labute approximate surface area is 141 Å². The number of ether oxygens (including phenoxy) is 1. The molecule has 0 bridgehead atoms. The number of aromatic nitrogens is 4. The second-order valence-electron chi connectivity index (χ2n) is 6.91. The van der Waals surface area contributed by atoms with Crippen molar-refractivity contribution in [2.45, 2.75) is 45.1 Å². The highest BCUT2D eigenvalue weighted by atomic mass is 19.4. The molecule has 1 aromatic rings. The second-order valence-corrected chi connectivity index (χ2v) is 6.91. The minimum absolute atomic E-state index is 0.0339. The van der Waals surface area contributed by atoms with Crippen LogP contribution >= 0.6 is 0 Å². The van der Waals surface area contributed by atoms with Crippen LogP contribution in [0.5, 0.6) is 0 Å². The van der Waals surface area contributed by atoms with Gasteiger partial charge in [-0.05, 0) is 37.3 Å². The molecule has 0 saturated heterocycles. The summed E-state index contributed by atoms with van der Waals surface area (Å²) in [7, 11) is 0. The normalized spacial score (nSPS) is 33.9. The van der Waals surface area contributed by atoms with Crippen molar-refractivity contribution in [3.05, 3.63) is 28.9 Å². The first-order valence-electron chi connectivity index (χ1n) is 7.77. The van der Waals surface area contributed by atoms with Gasteiger partial charge in [0.15, 0.2) is 5.82 Å². The van der Waals surface area contributed by atoms with Crippen LogP contribution < -0.4 is 0 Å². The van der Waals surface area contributed by atoms with E-state index in [1.54, 1.807) is 6.92 Å². The van der Waals surface area contributed by atoms with Crippen LogP contribution in [0.3, 0.4) is 0 Å². The Morgan fingerprint density at radius 2 is 2.12 bits per heavy atom. The first kappa shape index (κ1) is 15.9.